The fraction of sp³-hybridized carbons (Fsp3) is 0.438. The molecular weight excluding hydrogens is 253 g/mol. The smallest absolute Gasteiger partial charge is 0.130 e. The van der Waals surface area contributed by atoms with Crippen LogP contribution in [0.5, 0.6) is 0 Å². The summed E-state index contributed by atoms with van der Waals surface area (Å²) in [5.74, 6) is 1.22. The molecule has 0 unspecified atom stereocenters. The highest BCUT2D eigenvalue weighted by Gasteiger charge is 2.11. The van der Waals surface area contributed by atoms with Crippen molar-refractivity contribution >= 4 is 5.82 Å². The summed E-state index contributed by atoms with van der Waals surface area (Å²) in [6.07, 6.45) is 1.96. The number of hydrogen-bond acceptors (Lipinski definition) is 2. The second-order valence-electron chi connectivity index (χ2n) is 5.44. The Morgan fingerprint density at radius 1 is 1.30 bits per heavy atom. The topological polar surface area (TPSA) is 29.9 Å². The fourth-order valence-corrected chi connectivity index (χ4v) is 2.13. The minimum absolute atomic E-state index is 0.246. The van der Waals surface area contributed by atoms with Crippen LogP contribution in [-0.2, 0) is 6.42 Å². The van der Waals surface area contributed by atoms with E-state index in [-0.39, 0.29) is 5.82 Å². The van der Waals surface area contributed by atoms with Gasteiger partial charge in [-0.3, -0.25) is 0 Å². The Morgan fingerprint density at radius 3 is 2.75 bits per heavy atom. The van der Waals surface area contributed by atoms with Crippen LogP contribution in [0.15, 0.2) is 30.3 Å². The number of benzene rings is 1. The molecule has 0 bridgehead atoms. The van der Waals surface area contributed by atoms with Crippen molar-refractivity contribution in [1.82, 2.24) is 9.78 Å². The fourth-order valence-electron chi connectivity index (χ4n) is 2.13. The molecule has 0 atom stereocenters. The van der Waals surface area contributed by atoms with Gasteiger partial charge >= 0.3 is 0 Å². The third-order valence-corrected chi connectivity index (χ3v) is 2.99. The summed E-state index contributed by atoms with van der Waals surface area (Å²) >= 11 is 0. The second-order valence-corrected chi connectivity index (χ2v) is 5.44. The summed E-state index contributed by atoms with van der Waals surface area (Å²) in [5, 5.41) is 7.95. The molecule has 1 heterocycles. The van der Waals surface area contributed by atoms with Crippen molar-refractivity contribution in [3.8, 4) is 5.69 Å². The van der Waals surface area contributed by atoms with E-state index in [1.807, 2.05) is 6.07 Å². The number of anilines is 1. The summed E-state index contributed by atoms with van der Waals surface area (Å²) < 4.78 is 15.2. The molecule has 0 saturated carbocycles. The minimum Gasteiger partial charge on any atom is -0.370 e. The first-order valence-corrected chi connectivity index (χ1v) is 7.19. The van der Waals surface area contributed by atoms with E-state index in [1.165, 1.54) is 12.1 Å². The number of nitrogens with zero attached hydrogens (tertiary/aromatic N) is 2. The third kappa shape index (κ3) is 3.59. The van der Waals surface area contributed by atoms with E-state index in [9.17, 15) is 4.39 Å². The highest BCUT2D eigenvalue weighted by molar-refractivity contribution is 5.46. The van der Waals surface area contributed by atoms with Crippen molar-refractivity contribution in [3.63, 3.8) is 0 Å². The van der Waals surface area contributed by atoms with Crippen LogP contribution in [0, 0.1) is 11.7 Å². The van der Waals surface area contributed by atoms with Crippen molar-refractivity contribution in [1.29, 1.82) is 0 Å². The van der Waals surface area contributed by atoms with Crippen LogP contribution in [0.4, 0.5) is 10.2 Å². The molecule has 20 heavy (non-hydrogen) atoms. The molecule has 0 spiro atoms. The molecule has 1 aromatic heterocycles. The molecule has 1 N–H and O–H groups in total. The predicted octanol–water partition coefficient (Wildman–Crippen LogP) is 4.03. The predicted molar refractivity (Wildman–Crippen MR) is 80.8 cm³/mol. The van der Waals surface area contributed by atoms with Gasteiger partial charge in [-0.25, -0.2) is 9.07 Å². The first-order valence-electron chi connectivity index (χ1n) is 7.19. The molecule has 0 aliphatic rings. The second kappa shape index (κ2) is 6.55. The number of nitrogens with one attached hydrogen (secondary N) is 1. The molecule has 1 aromatic carbocycles. The quantitative estimate of drug-likeness (QED) is 0.862. The van der Waals surface area contributed by atoms with E-state index < -0.39 is 0 Å². The van der Waals surface area contributed by atoms with Gasteiger partial charge in [0.15, 0.2) is 0 Å². The van der Waals surface area contributed by atoms with Gasteiger partial charge in [-0.2, -0.15) is 5.10 Å². The maximum atomic E-state index is 13.4. The van der Waals surface area contributed by atoms with Gasteiger partial charge in [0.05, 0.1) is 11.4 Å². The standard InChI is InChI=1S/C16H22FN3/c1-4-8-18-16-11-14(9-12(2)3)19-20(16)15-7-5-6-13(17)10-15/h5-7,10-12,18H,4,8-9H2,1-3H3. The van der Waals surface area contributed by atoms with E-state index in [4.69, 9.17) is 0 Å². The van der Waals surface area contributed by atoms with Crippen molar-refractivity contribution in [2.24, 2.45) is 5.92 Å². The molecule has 108 valence electrons. The summed E-state index contributed by atoms with van der Waals surface area (Å²) in [5.41, 5.74) is 1.78. The lowest BCUT2D eigenvalue weighted by Gasteiger charge is -2.08. The first kappa shape index (κ1) is 14.6. The average molecular weight is 275 g/mol. The monoisotopic (exact) mass is 275 g/mol. The van der Waals surface area contributed by atoms with Gasteiger partial charge in [0.1, 0.15) is 11.6 Å². The first-order chi connectivity index (χ1) is 9.60. The summed E-state index contributed by atoms with van der Waals surface area (Å²) in [6.45, 7) is 7.33. The highest BCUT2D eigenvalue weighted by Crippen LogP contribution is 2.20. The van der Waals surface area contributed by atoms with Gasteiger partial charge < -0.3 is 5.32 Å². The minimum atomic E-state index is -0.246. The van der Waals surface area contributed by atoms with Crippen LogP contribution in [0.25, 0.3) is 5.69 Å². The zero-order chi connectivity index (χ0) is 14.5. The number of hydrogen-bond donors (Lipinski definition) is 1. The van der Waals surface area contributed by atoms with E-state index in [2.05, 4.69) is 37.3 Å². The maximum absolute atomic E-state index is 13.4. The number of aromatic nitrogens is 2. The molecule has 0 amide bonds. The molecule has 0 saturated heterocycles. The van der Waals surface area contributed by atoms with Crippen LogP contribution in [0.3, 0.4) is 0 Å². The van der Waals surface area contributed by atoms with E-state index in [0.717, 1.165) is 36.6 Å². The molecule has 2 aromatic rings. The molecular formula is C16H22FN3. The van der Waals surface area contributed by atoms with Gasteiger partial charge in [0, 0.05) is 12.6 Å². The Labute approximate surface area is 119 Å². The maximum Gasteiger partial charge on any atom is 0.130 e. The van der Waals surface area contributed by atoms with Crippen LogP contribution >= 0.6 is 0 Å². The van der Waals surface area contributed by atoms with E-state index in [0.29, 0.717) is 5.92 Å². The molecule has 0 radical (unpaired) electrons. The van der Waals surface area contributed by atoms with Crippen LogP contribution in [0.2, 0.25) is 0 Å². The average Bonchev–Trinajstić information content (AvgIpc) is 2.78. The van der Waals surface area contributed by atoms with Crippen LogP contribution in [0.1, 0.15) is 32.9 Å². The summed E-state index contributed by atoms with van der Waals surface area (Å²) in [7, 11) is 0. The molecule has 3 nitrogen and oxygen atoms in total. The van der Waals surface area contributed by atoms with Crippen molar-refractivity contribution in [2.45, 2.75) is 33.6 Å². The highest BCUT2D eigenvalue weighted by atomic mass is 19.1. The summed E-state index contributed by atoms with van der Waals surface area (Å²) in [4.78, 5) is 0. The van der Waals surface area contributed by atoms with Gasteiger partial charge in [-0.05, 0) is 37.0 Å². The van der Waals surface area contributed by atoms with E-state index in [1.54, 1.807) is 10.7 Å². The van der Waals surface area contributed by atoms with Crippen LogP contribution in [-0.4, -0.2) is 16.3 Å². The van der Waals surface area contributed by atoms with Gasteiger partial charge in [0.25, 0.3) is 0 Å². The Kier molecular flexibility index (Phi) is 4.77. The van der Waals surface area contributed by atoms with Gasteiger partial charge in [-0.15, -0.1) is 0 Å². The molecule has 2 rings (SSSR count). The largest absolute Gasteiger partial charge is 0.370 e. The Balaban J connectivity index is 2.35. The lowest BCUT2D eigenvalue weighted by molar-refractivity contribution is 0.620. The SMILES string of the molecule is CCCNc1cc(CC(C)C)nn1-c1cccc(F)c1. The van der Waals surface area contributed by atoms with Crippen molar-refractivity contribution in [2.75, 3.05) is 11.9 Å². The number of halogens is 1. The van der Waals surface area contributed by atoms with Crippen molar-refractivity contribution in [3.05, 3.63) is 41.8 Å². The van der Waals surface area contributed by atoms with Gasteiger partial charge in [-0.1, -0.05) is 26.8 Å². The lowest BCUT2D eigenvalue weighted by atomic mass is 10.1. The molecule has 4 heteroatoms. The Bertz CT molecular complexity index is 561. The number of rotatable bonds is 6. The molecule has 0 aliphatic heterocycles. The Morgan fingerprint density at radius 2 is 2.10 bits per heavy atom. The zero-order valence-electron chi connectivity index (χ0n) is 12.4. The molecule has 0 fully saturated rings. The zero-order valence-corrected chi connectivity index (χ0v) is 12.4. The van der Waals surface area contributed by atoms with E-state index >= 15 is 0 Å². The van der Waals surface area contributed by atoms with Gasteiger partial charge in [0.2, 0.25) is 0 Å². The Hall–Kier alpha value is -1.84. The molecule has 0 aliphatic carbocycles. The van der Waals surface area contributed by atoms with Crippen LogP contribution < -0.4 is 5.32 Å². The summed E-state index contributed by atoms with van der Waals surface area (Å²) in [6, 6.07) is 8.58. The normalized spacial score (nSPS) is 11.1. The van der Waals surface area contributed by atoms with Crippen molar-refractivity contribution < 1.29 is 4.39 Å². The lowest BCUT2D eigenvalue weighted by Crippen LogP contribution is -2.07. The third-order valence-electron chi connectivity index (χ3n) is 2.99.